The topological polar surface area (TPSA) is 114 Å². The van der Waals surface area contributed by atoms with Gasteiger partial charge < -0.3 is 10.6 Å². The molecule has 164 valence electrons. The maximum Gasteiger partial charge on any atom is 0.233 e. The van der Waals surface area contributed by atoms with Crippen molar-refractivity contribution in [3.05, 3.63) is 22.8 Å². The standard InChI is InChI=1S/C24H32N6O/c1-20(2)10-14(11-21(3,4)30-20)27-19(31)24-9-8-23(7,22(24,5)6)17-18(24)29-16(13-26)15(12-25)28-17/h14,30H,8-11H2,1-7H3,(H,27,31)/t23-,24+/m1/s1. The SMILES string of the molecule is CC1(C)CC(NC(=O)[C@]23CC[C@](C)(c4nc(C#N)c(C#N)nc42)C3(C)C)CC(C)(C)N1. The minimum atomic E-state index is -0.858. The van der Waals surface area contributed by atoms with Crippen LogP contribution in [0, 0.1) is 28.1 Å². The Kier molecular flexibility index (Phi) is 4.39. The highest BCUT2D eigenvalue weighted by atomic mass is 16.2. The number of carbonyl (C=O) groups excluding carboxylic acids is 1. The van der Waals surface area contributed by atoms with Gasteiger partial charge in [-0.05, 0) is 58.8 Å². The molecule has 7 nitrogen and oxygen atoms in total. The van der Waals surface area contributed by atoms with Crippen LogP contribution in [0.25, 0.3) is 0 Å². The van der Waals surface area contributed by atoms with Gasteiger partial charge in [-0.25, -0.2) is 9.97 Å². The Balaban J connectivity index is 1.79. The van der Waals surface area contributed by atoms with Crippen LogP contribution in [-0.4, -0.2) is 33.0 Å². The molecule has 1 saturated heterocycles. The monoisotopic (exact) mass is 420 g/mol. The molecular formula is C24H32N6O. The molecule has 0 unspecified atom stereocenters. The fraction of sp³-hybridized carbons (Fsp3) is 0.708. The van der Waals surface area contributed by atoms with Crippen molar-refractivity contribution in [1.82, 2.24) is 20.6 Å². The van der Waals surface area contributed by atoms with E-state index in [-0.39, 0.29) is 39.8 Å². The Morgan fingerprint density at radius 2 is 1.45 bits per heavy atom. The predicted octanol–water partition coefficient (Wildman–Crippen LogP) is 2.97. The first-order chi connectivity index (χ1) is 14.2. The van der Waals surface area contributed by atoms with Crippen LogP contribution in [0.15, 0.2) is 0 Å². The third kappa shape index (κ3) is 2.76. The number of hydrogen-bond donors (Lipinski definition) is 2. The summed E-state index contributed by atoms with van der Waals surface area (Å²) in [5.74, 6) is -0.0265. The molecule has 7 heteroatoms. The first-order valence-corrected chi connectivity index (χ1v) is 11.1. The van der Waals surface area contributed by atoms with E-state index in [1.54, 1.807) is 0 Å². The minimum absolute atomic E-state index is 0.00417. The lowest BCUT2D eigenvalue weighted by Crippen LogP contribution is -2.64. The molecule has 0 radical (unpaired) electrons. The summed E-state index contributed by atoms with van der Waals surface area (Å²) in [6.07, 6.45) is 3.14. The number of aromatic nitrogens is 2. The van der Waals surface area contributed by atoms with Crippen molar-refractivity contribution in [2.75, 3.05) is 0 Å². The molecule has 0 aromatic carbocycles. The van der Waals surface area contributed by atoms with Crippen molar-refractivity contribution in [2.24, 2.45) is 5.41 Å². The fourth-order valence-corrected chi connectivity index (χ4v) is 6.87. The molecule has 1 amide bonds. The van der Waals surface area contributed by atoms with Gasteiger partial charge >= 0.3 is 0 Å². The lowest BCUT2D eigenvalue weighted by atomic mass is 9.63. The van der Waals surface area contributed by atoms with Crippen molar-refractivity contribution in [3.8, 4) is 12.1 Å². The van der Waals surface area contributed by atoms with Gasteiger partial charge in [-0.1, -0.05) is 20.8 Å². The predicted molar refractivity (Wildman–Crippen MR) is 116 cm³/mol. The lowest BCUT2D eigenvalue weighted by Gasteiger charge is -2.48. The van der Waals surface area contributed by atoms with Gasteiger partial charge in [0.05, 0.1) is 16.8 Å². The van der Waals surface area contributed by atoms with E-state index >= 15 is 0 Å². The van der Waals surface area contributed by atoms with Gasteiger partial charge in [0.25, 0.3) is 0 Å². The summed E-state index contributed by atoms with van der Waals surface area (Å²) in [4.78, 5) is 23.2. The van der Waals surface area contributed by atoms with E-state index in [0.29, 0.717) is 17.8 Å². The molecule has 31 heavy (non-hydrogen) atoms. The van der Waals surface area contributed by atoms with Gasteiger partial charge in [-0.15, -0.1) is 0 Å². The maximum absolute atomic E-state index is 14.0. The largest absolute Gasteiger partial charge is 0.352 e. The second kappa shape index (κ2) is 6.26. The van der Waals surface area contributed by atoms with E-state index in [4.69, 9.17) is 0 Å². The molecule has 2 heterocycles. The van der Waals surface area contributed by atoms with E-state index in [2.05, 4.69) is 69.1 Å². The lowest BCUT2D eigenvalue weighted by molar-refractivity contribution is -0.131. The Bertz CT molecular complexity index is 1040. The van der Waals surface area contributed by atoms with Crippen LogP contribution in [0.3, 0.4) is 0 Å². The number of nitrogens with zero attached hydrogens (tertiary/aromatic N) is 4. The Morgan fingerprint density at radius 3 is 1.97 bits per heavy atom. The van der Waals surface area contributed by atoms with Crippen LogP contribution in [0.2, 0.25) is 0 Å². The normalized spacial score (nSPS) is 32.0. The van der Waals surface area contributed by atoms with Crippen LogP contribution < -0.4 is 10.6 Å². The van der Waals surface area contributed by atoms with Crippen LogP contribution in [0.5, 0.6) is 0 Å². The summed E-state index contributed by atoms with van der Waals surface area (Å²) >= 11 is 0. The molecule has 1 aliphatic heterocycles. The number of amides is 1. The highest BCUT2D eigenvalue weighted by Crippen LogP contribution is 2.70. The smallest absolute Gasteiger partial charge is 0.233 e. The second-order valence-electron chi connectivity index (χ2n) is 11.7. The van der Waals surface area contributed by atoms with Gasteiger partial charge in [-0.2, -0.15) is 10.5 Å². The van der Waals surface area contributed by atoms with Crippen LogP contribution >= 0.6 is 0 Å². The third-order valence-corrected chi connectivity index (χ3v) is 8.39. The van der Waals surface area contributed by atoms with E-state index in [9.17, 15) is 15.3 Å². The summed E-state index contributed by atoms with van der Waals surface area (Å²) in [6.45, 7) is 15.0. The van der Waals surface area contributed by atoms with Crippen LogP contribution in [0.4, 0.5) is 0 Å². The van der Waals surface area contributed by atoms with Gasteiger partial charge in [0, 0.05) is 22.5 Å². The van der Waals surface area contributed by atoms with Gasteiger partial charge in [0.2, 0.25) is 5.91 Å². The zero-order chi connectivity index (χ0) is 23.0. The summed E-state index contributed by atoms with van der Waals surface area (Å²) in [6, 6.07) is 4.04. The van der Waals surface area contributed by atoms with Crippen molar-refractivity contribution in [1.29, 1.82) is 10.5 Å². The fourth-order valence-electron chi connectivity index (χ4n) is 6.87. The van der Waals surface area contributed by atoms with Crippen molar-refractivity contribution < 1.29 is 4.79 Å². The number of piperidine rings is 1. The molecule has 1 aromatic heterocycles. The maximum atomic E-state index is 14.0. The zero-order valence-electron chi connectivity index (χ0n) is 19.6. The van der Waals surface area contributed by atoms with Crippen molar-refractivity contribution in [3.63, 3.8) is 0 Å². The van der Waals surface area contributed by atoms with Crippen molar-refractivity contribution >= 4 is 5.91 Å². The molecular weight excluding hydrogens is 388 g/mol. The summed E-state index contributed by atoms with van der Waals surface area (Å²) in [5, 5.41) is 26.0. The average Bonchev–Trinajstić information content (AvgIpc) is 2.93. The van der Waals surface area contributed by atoms with E-state index in [0.717, 1.165) is 19.3 Å². The molecule has 2 bridgehead atoms. The van der Waals surface area contributed by atoms with Crippen LogP contribution in [-0.2, 0) is 15.6 Å². The molecule has 1 saturated carbocycles. The highest BCUT2D eigenvalue weighted by molar-refractivity contribution is 5.92. The number of rotatable bonds is 2. The molecule has 0 spiro atoms. The summed E-state index contributed by atoms with van der Waals surface area (Å²) < 4.78 is 0. The molecule has 4 rings (SSSR count). The van der Waals surface area contributed by atoms with E-state index in [1.165, 1.54) is 0 Å². The summed E-state index contributed by atoms with van der Waals surface area (Å²) in [7, 11) is 0. The number of nitriles is 2. The zero-order valence-corrected chi connectivity index (χ0v) is 19.6. The van der Waals surface area contributed by atoms with Gasteiger partial charge in [0.15, 0.2) is 11.4 Å². The number of hydrogen-bond acceptors (Lipinski definition) is 6. The Morgan fingerprint density at radius 1 is 0.935 bits per heavy atom. The summed E-state index contributed by atoms with van der Waals surface area (Å²) in [5.41, 5.74) is -0.493. The second-order valence-corrected chi connectivity index (χ2v) is 11.7. The number of nitrogens with one attached hydrogen (secondary N) is 2. The Hall–Kier alpha value is -2.51. The Labute approximate surface area is 184 Å². The molecule has 3 aliphatic rings. The number of fused-ring (bicyclic) bond motifs is 5. The minimum Gasteiger partial charge on any atom is -0.352 e. The van der Waals surface area contributed by atoms with Gasteiger partial charge in [0.1, 0.15) is 12.1 Å². The first-order valence-electron chi connectivity index (χ1n) is 11.1. The van der Waals surface area contributed by atoms with Crippen LogP contribution in [0.1, 0.15) is 96.9 Å². The first kappa shape index (κ1) is 21.7. The molecule has 2 atom stereocenters. The van der Waals surface area contributed by atoms with E-state index < -0.39 is 10.8 Å². The quantitative estimate of drug-likeness (QED) is 0.760. The molecule has 2 N–H and O–H groups in total. The highest BCUT2D eigenvalue weighted by Gasteiger charge is 2.73. The van der Waals surface area contributed by atoms with Crippen molar-refractivity contribution in [2.45, 2.75) is 102 Å². The van der Waals surface area contributed by atoms with Gasteiger partial charge in [-0.3, -0.25) is 4.79 Å². The average molecular weight is 421 g/mol. The molecule has 2 fully saturated rings. The number of carbonyl (C=O) groups is 1. The third-order valence-electron chi connectivity index (χ3n) is 8.39. The van der Waals surface area contributed by atoms with E-state index in [1.807, 2.05) is 12.1 Å². The molecule has 2 aliphatic carbocycles. The molecule has 1 aromatic rings.